The predicted octanol–water partition coefficient (Wildman–Crippen LogP) is 2.37. The van der Waals surface area contributed by atoms with Crippen LogP contribution in [0.25, 0.3) is 0 Å². The van der Waals surface area contributed by atoms with E-state index in [1.807, 2.05) is 0 Å². The maximum Gasteiger partial charge on any atom is 0.0136 e. The summed E-state index contributed by atoms with van der Waals surface area (Å²) in [6, 6.07) is 0.960. The van der Waals surface area contributed by atoms with Crippen molar-refractivity contribution in [1.29, 1.82) is 0 Å². The summed E-state index contributed by atoms with van der Waals surface area (Å²) >= 11 is 2.15. The van der Waals surface area contributed by atoms with Crippen molar-refractivity contribution in [3.05, 3.63) is 0 Å². The molecule has 5 atom stereocenters. The number of hydrogen-bond donors (Lipinski definition) is 1. The maximum atomic E-state index is 3.89. The van der Waals surface area contributed by atoms with Crippen LogP contribution in [0.3, 0.4) is 0 Å². The molecule has 2 heteroatoms. The number of fused-ring (bicyclic) bond motifs is 5. The van der Waals surface area contributed by atoms with Crippen LogP contribution in [0.2, 0.25) is 0 Å². The van der Waals surface area contributed by atoms with E-state index in [0.29, 0.717) is 0 Å². The Morgan fingerprint density at radius 3 is 2.53 bits per heavy atom. The second-order valence-electron chi connectivity index (χ2n) is 6.15. The van der Waals surface area contributed by atoms with Crippen molar-refractivity contribution in [2.24, 2.45) is 29.6 Å². The van der Waals surface area contributed by atoms with E-state index in [4.69, 9.17) is 0 Å². The Bertz CT molecular complexity index is 245. The summed E-state index contributed by atoms with van der Waals surface area (Å²) in [5, 5.41) is 3.89. The number of thioether (sulfide) groups is 1. The van der Waals surface area contributed by atoms with Crippen LogP contribution >= 0.6 is 11.8 Å². The SMILES string of the molecule is C1CC(CNC2C3C4CCC(C4)C23)CS1. The second-order valence-corrected chi connectivity index (χ2v) is 7.30. The zero-order valence-electron chi connectivity index (χ0n) is 9.32. The molecular weight excluding hydrogens is 202 g/mol. The largest absolute Gasteiger partial charge is 0.313 e. The molecule has 0 aromatic carbocycles. The van der Waals surface area contributed by atoms with Gasteiger partial charge in [0.1, 0.15) is 0 Å². The van der Waals surface area contributed by atoms with Crippen molar-refractivity contribution in [1.82, 2.24) is 5.32 Å². The van der Waals surface area contributed by atoms with Crippen LogP contribution in [-0.2, 0) is 0 Å². The normalized spacial score (nSPS) is 56.0. The zero-order chi connectivity index (χ0) is 9.83. The van der Waals surface area contributed by atoms with E-state index in [2.05, 4.69) is 17.1 Å². The molecule has 84 valence electrons. The highest BCUT2D eigenvalue weighted by Gasteiger charge is 2.64. The molecule has 4 aliphatic rings. The molecule has 0 aromatic rings. The van der Waals surface area contributed by atoms with Gasteiger partial charge in [0.2, 0.25) is 0 Å². The number of nitrogens with one attached hydrogen (secondary N) is 1. The van der Waals surface area contributed by atoms with Crippen LogP contribution in [-0.4, -0.2) is 24.1 Å². The molecule has 1 nitrogen and oxygen atoms in total. The Morgan fingerprint density at radius 2 is 1.87 bits per heavy atom. The smallest absolute Gasteiger partial charge is 0.0136 e. The first-order valence-electron chi connectivity index (χ1n) is 6.74. The first kappa shape index (κ1) is 9.35. The summed E-state index contributed by atoms with van der Waals surface area (Å²) < 4.78 is 0. The van der Waals surface area contributed by atoms with E-state index in [1.165, 1.54) is 24.5 Å². The molecule has 5 unspecified atom stereocenters. The van der Waals surface area contributed by atoms with Gasteiger partial charge in [0.15, 0.2) is 0 Å². The third kappa shape index (κ3) is 1.40. The average molecular weight is 223 g/mol. The van der Waals surface area contributed by atoms with Gasteiger partial charge in [-0.2, -0.15) is 11.8 Å². The summed E-state index contributed by atoms with van der Waals surface area (Å²) in [4.78, 5) is 0. The molecule has 0 amide bonds. The van der Waals surface area contributed by atoms with Crippen molar-refractivity contribution in [3.8, 4) is 0 Å². The van der Waals surface area contributed by atoms with Crippen LogP contribution in [0.1, 0.15) is 25.7 Å². The zero-order valence-corrected chi connectivity index (χ0v) is 10.1. The third-order valence-electron chi connectivity index (χ3n) is 5.40. The highest BCUT2D eigenvalue weighted by atomic mass is 32.2. The van der Waals surface area contributed by atoms with Gasteiger partial charge in [0.25, 0.3) is 0 Å². The van der Waals surface area contributed by atoms with Crippen LogP contribution in [0.4, 0.5) is 0 Å². The number of rotatable bonds is 3. The molecule has 2 bridgehead atoms. The summed E-state index contributed by atoms with van der Waals surface area (Å²) in [7, 11) is 0. The van der Waals surface area contributed by atoms with Crippen LogP contribution in [0.15, 0.2) is 0 Å². The molecule has 1 heterocycles. The van der Waals surface area contributed by atoms with Crippen LogP contribution < -0.4 is 5.32 Å². The molecule has 4 fully saturated rings. The molecule has 4 rings (SSSR count). The topological polar surface area (TPSA) is 12.0 Å². The molecule has 0 radical (unpaired) electrons. The van der Waals surface area contributed by atoms with Gasteiger partial charge in [-0.25, -0.2) is 0 Å². The molecule has 0 spiro atoms. The van der Waals surface area contributed by atoms with E-state index in [0.717, 1.165) is 35.6 Å². The second kappa shape index (κ2) is 3.40. The summed E-state index contributed by atoms with van der Waals surface area (Å²) in [6.45, 7) is 1.32. The van der Waals surface area contributed by atoms with Crippen molar-refractivity contribution in [2.75, 3.05) is 18.1 Å². The van der Waals surface area contributed by atoms with Gasteiger partial charge < -0.3 is 5.32 Å². The van der Waals surface area contributed by atoms with E-state index in [9.17, 15) is 0 Å². The van der Waals surface area contributed by atoms with Crippen molar-refractivity contribution in [2.45, 2.75) is 31.7 Å². The fraction of sp³-hybridized carbons (Fsp3) is 1.00. The Hall–Kier alpha value is 0.310. The lowest BCUT2D eigenvalue weighted by Crippen LogP contribution is -2.28. The van der Waals surface area contributed by atoms with Gasteiger partial charge in [-0.3, -0.25) is 0 Å². The lowest BCUT2D eigenvalue weighted by atomic mass is 10.0. The molecule has 0 aromatic heterocycles. The first-order chi connectivity index (χ1) is 7.43. The summed E-state index contributed by atoms with van der Waals surface area (Å²) in [5.74, 6) is 8.34. The third-order valence-corrected chi connectivity index (χ3v) is 6.63. The lowest BCUT2D eigenvalue weighted by Gasteiger charge is -2.13. The van der Waals surface area contributed by atoms with Crippen LogP contribution in [0.5, 0.6) is 0 Å². The standard InChI is InChI=1S/C13H21NS/c1-2-10-5-9(1)11-12(10)13(11)14-6-8-3-4-15-7-8/h8-14H,1-7H2. The minimum Gasteiger partial charge on any atom is -0.313 e. The van der Waals surface area contributed by atoms with E-state index >= 15 is 0 Å². The fourth-order valence-corrected chi connectivity index (χ4v) is 5.93. The highest BCUT2D eigenvalue weighted by molar-refractivity contribution is 7.99. The minimum atomic E-state index is 0.960. The van der Waals surface area contributed by atoms with Gasteiger partial charge >= 0.3 is 0 Å². The van der Waals surface area contributed by atoms with Gasteiger partial charge in [0, 0.05) is 6.04 Å². The molecule has 3 aliphatic carbocycles. The Morgan fingerprint density at radius 1 is 1.07 bits per heavy atom. The van der Waals surface area contributed by atoms with Gasteiger partial charge in [-0.1, -0.05) is 0 Å². The van der Waals surface area contributed by atoms with E-state index in [1.54, 1.807) is 19.3 Å². The molecular formula is C13H21NS. The summed E-state index contributed by atoms with van der Waals surface area (Å²) in [6.07, 6.45) is 6.17. The van der Waals surface area contributed by atoms with Gasteiger partial charge in [0.05, 0.1) is 0 Å². The molecule has 1 N–H and O–H groups in total. The lowest BCUT2D eigenvalue weighted by molar-refractivity contribution is 0.433. The maximum absolute atomic E-state index is 3.89. The van der Waals surface area contributed by atoms with E-state index in [-0.39, 0.29) is 0 Å². The predicted molar refractivity (Wildman–Crippen MR) is 65.0 cm³/mol. The Labute approximate surface area is 96.8 Å². The van der Waals surface area contributed by atoms with E-state index < -0.39 is 0 Å². The summed E-state index contributed by atoms with van der Waals surface area (Å²) in [5.41, 5.74) is 0. The van der Waals surface area contributed by atoms with Gasteiger partial charge in [-0.05, 0) is 73.3 Å². The number of hydrogen-bond acceptors (Lipinski definition) is 2. The minimum absolute atomic E-state index is 0.960. The van der Waals surface area contributed by atoms with Crippen LogP contribution in [0, 0.1) is 29.6 Å². The first-order valence-corrected chi connectivity index (χ1v) is 7.90. The molecule has 3 saturated carbocycles. The quantitative estimate of drug-likeness (QED) is 0.788. The molecule has 1 aliphatic heterocycles. The van der Waals surface area contributed by atoms with Crippen molar-refractivity contribution >= 4 is 11.8 Å². The van der Waals surface area contributed by atoms with Crippen molar-refractivity contribution < 1.29 is 0 Å². The Kier molecular flexibility index (Phi) is 2.12. The molecule has 1 saturated heterocycles. The average Bonchev–Trinajstić information content (AvgIpc) is 2.72. The van der Waals surface area contributed by atoms with Gasteiger partial charge in [-0.15, -0.1) is 0 Å². The Balaban J connectivity index is 1.31. The van der Waals surface area contributed by atoms with Crippen molar-refractivity contribution in [3.63, 3.8) is 0 Å². The highest BCUT2D eigenvalue weighted by Crippen LogP contribution is 2.65. The monoisotopic (exact) mass is 223 g/mol. The molecule has 15 heavy (non-hydrogen) atoms. The fourth-order valence-electron chi connectivity index (χ4n) is 4.65.